The highest BCUT2D eigenvalue weighted by Crippen LogP contribution is 2.86. The first-order valence-electron chi connectivity index (χ1n) is 20.9. The number of anilines is 3. The Labute approximate surface area is 321 Å². The van der Waals surface area contributed by atoms with Crippen molar-refractivity contribution in [3.63, 3.8) is 0 Å². The molecule has 4 fully saturated rings. The molecule has 0 radical (unpaired) electrons. The lowest BCUT2D eigenvalue weighted by Gasteiger charge is -2.73. The van der Waals surface area contributed by atoms with Crippen LogP contribution >= 0.6 is 0 Å². The van der Waals surface area contributed by atoms with E-state index in [4.69, 9.17) is 0 Å². The Kier molecular flexibility index (Phi) is 6.47. The van der Waals surface area contributed by atoms with Crippen LogP contribution in [0.3, 0.4) is 0 Å². The van der Waals surface area contributed by atoms with Gasteiger partial charge in [0.1, 0.15) is 0 Å². The largest absolute Gasteiger partial charge is 0.310 e. The second kappa shape index (κ2) is 11.1. The molecule has 2 bridgehead atoms. The summed E-state index contributed by atoms with van der Waals surface area (Å²) >= 11 is 0. The monoisotopic (exact) mass is 699 g/mol. The Hall–Kier alpha value is -4.88. The first-order chi connectivity index (χ1) is 26.4. The first kappa shape index (κ1) is 31.5. The van der Waals surface area contributed by atoms with E-state index in [2.05, 4.69) is 152 Å². The van der Waals surface area contributed by atoms with Gasteiger partial charge in [-0.2, -0.15) is 0 Å². The standard InChI is InChI=1S/C53H49N/c1-51(2)48-28-39(37-15-20-40(21-16-37)52-31-34-27-41-29-42(33-52)53(41,52)32-34)19-25-46(48)47-26-24-44(30-49(47)51)54(50-14-8-12-38-11-6-7-13-45(38)50)43-22-17-36(18-23-43)35-9-4-3-5-10-35/h3-5,8-10,12,14-26,28,30,34,41-42H,6-7,11,13,27,29,31-33H2,1-2H3. The molecule has 1 heteroatoms. The van der Waals surface area contributed by atoms with Crippen molar-refractivity contribution in [2.24, 2.45) is 23.2 Å². The molecule has 5 atom stereocenters. The minimum atomic E-state index is -0.114. The number of aryl methyl sites for hydroxylation is 1. The van der Waals surface area contributed by atoms with Gasteiger partial charge in [0.15, 0.2) is 0 Å². The van der Waals surface area contributed by atoms with Crippen molar-refractivity contribution in [3.05, 3.63) is 161 Å². The van der Waals surface area contributed by atoms with Crippen LogP contribution in [0.4, 0.5) is 17.1 Å². The molecule has 0 aromatic heterocycles. The molecule has 6 aromatic carbocycles. The molecule has 6 aromatic rings. The van der Waals surface area contributed by atoms with Crippen LogP contribution in [0.25, 0.3) is 33.4 Å². The molecular weight excluding hydrogens is 651 g/mol. The van der Waals surface area contributed by atoms with E-state index in [-0.39, 0.29) is 5.41 Å². The molecule has 0 N–H and O–H groups in total. The molecule has 4 saturated carbocycles. The molecule has 12 rings (SSSR count). The third-order valence-electron chi connectivity index (χ3n) is 15.9. The summed E-state index contributed by atoms with van der Waals surface area (Å²) in [5.74, 6) is 3.05. The lowest BCUT2D eigenvalue weighted by atomic mass is 9.31. The minimum Gasteiger partial charge on any atom is -0.310 e. The lowest BCUT2D eigenvalue weighted by Crippen LogP contribution is -2.68. The normalized spacial score (nSPS) is 27.3. The fourth-order valence-corrected chi connectivity index (χ4v) is 13.5. The zero-order valence-corrected chi connectivity index (χ0v) is 31.7. The van der Waals surface area contributed by atoms with Gasteiger partial charge in [-0.3, -0.25) is 0 Å². The van der Waals surface area contributed by atoms with Gasteiger partial charge in [0.05, 0.1) is 0 Å². The summed E-state index contributed by atoms with van der Waals surface area (Å²) in [6.45, 7) is 4.88. The van der Waals surface area contributed by atoms with Crippen LogP contribution < -0.4 is 4.90 Å². The van der Waals surface area contributed by atoms with Gasteiger partial charge in [-0.25, -0.2) is 0 Å². The van der Waals surface area contributed by atoms with Crippen LogP contribution in [0.15, 0.2) is 133 Å². The molecule has 6 aliphatic carbocycles. The average molecular weight is 700 g/mol. The van der Waals surface area contributed by atoms with Gasteiger partial charge in [-0.05, 0) is 179 Å². The summed E-state index contributed by atoms with van der Waals surface area (Å²) in [5.41, 5.74) is 20.3. The predicted octanol–water partition coefficient (Wildman–Crippen LogP) is 13.8. The zero-order valence-electron chi connectivity index (χ0n) is 31.7. The van der Waals surface area contributed by atoms with Crippen LogP contribution in [0.1, 0.15) is 86.6 Å². The van der Waals surface area contributed by atoms with Crippen molar-refractivity contribution >= 4 is 17.1 Å². The minimum absolute atomic E-state index is 0.114. The molecule has 5 unspecified atom stereocenters. The van der Waals surface area contributed by atoms with Gasteiger partial charge in [-0.1, -0.05) is 111 Å². The van der Waals surface area contributed by atoms with Gasteiger partial charge in [-0.15, -0.1) is 0 Å². The van der Waals surface area contributed by atoms with Crippen molar-refractivity contribution in [2.45, 2.75) is 82.5 Å². The quantitative estimate of drug-likeness (QED) is 0.167. The van der Waals surface area contributed by atoms with Gasteiger partial charge in [0, 0.05) is 27.9 Å². The van der Waals surface area contributed by atoms with E-state index in [0.717, 1.165) is 24.2 Å². The van der Waals surface area contributed by atoms with E-state index >= 15 is 0 Å². The molecule has 0 amide bonds. The first-order valence-corrected chi connectivity index (χ1v) is 20.9. The number of rotatable bonds is 6. The number of nitrogens with zero attached hydrogens (tertiary/aromatic N) is 1. The highest BCUT2D eigenvalue weighted by molar-refractivity contribution is 5.88. The van der Waals surface area contributed by atoms with Crippen LogP contribution in [0.2, 0.25) is 0 Å². The Morgan fingerprint density at radius 2 is 1.22 bits per heavy atom. The Morgan fingerprint density at radius 3 is 2.02 bits per heavy atom. The van der Waals surface area contributed by atoms with Gasteiger partial charge in [0.25, 0.3) is 0 Å². The van der Waals surface area contributed by atoms with E-state index in [1.165, 1.54) is 124 Å². The highest BCUT2D eigenvalue weighted by Gasteiger charge is 2.80. The van der Waals surface area contributed by atoms with Crippen molar-refractivity contribution in [1.82, 2.24) is 0 Å². The van der Waals surface area contributed by atoms with E-state index < -0.39 is 0 Å². The molecule has 1 nitrogen and oxygen atoms in total. The zero-order chi connectivity index (χ0) is 35.8. The molecular formula is C53H49N. The molecule has 6 aliphatic rings. The fraction of sp³-hybridized carbons (Fsp3) is 0.321. The topological polar surface area (TPSA) is 3.24 Å². The molecule has 266 valence electrons. The van der Waals surface area contributed by atoms with E-state index in [1.807, 2.05) is 0 Å². The molecule has 0 saturated heterocycles. The van der Waals surface area contributed by atoms with Crippen molar-refractivity contribution in [3.8, 4) is 33.4 Å². The molecule has 54 heavy (non-hydrogen) atoms. The highest BCUT2D eigenvalue weighted by atomic mass is 15.1. The summed E-state index contributed by atoms with van der Waals surface area (Å²) in [6.07, 6.45) is 12.3. The summed E-state index contributed by atoms with van der Waals surface area (Å²) < 4.78 is 0. The summed E-state index contributed by atoms with van der Waals surface area (Å²) in [6, 6.07) is 51.5. The average Bonchev–Trinajstić information content (AvgIpc) is 3.80. The smallest absolute Gasteiger partial charge is 0.0496 e. The summed E-state index contributed by atoms with van der Waals surface area (Å²) in [4.78, 5) is 2.54. The predicted molar refractivity (Wildman–Crippen MR) is 224 cm³/mol. The number of hydrogen-bond donors (Lipinski definition) is 0. The van der Waals surface area contributed by atoms with Gasteiger partial charge >= 0.3 is 0 Å². The van der Waals surface area contributed by atoms with E-state index in [1.54, 1.807) is 5.56 Å². The molecule has 0 heterocycles. The maximum atomic E-state index is 2.54. The third kappa shape index (κ3) is 4.11. The Bertz CT molecular complexity index is 2470. The fourth-order valence-electron chi connectivity index (χ4n) is 13.5. The van der Waals surface area contributed by atoms with Gasteiger partial charge < -0.3 is 4.90 Å². The second-order valence-electron chi connectivity index (χ2n) is 18.5. The van der Waals surface area contributed by atoms with Crippen LogP contribution in [-0.2, 0) is 23.7 Å². The lowest BCUT2D eigenvalue weighted by molar-refractivity contribution is -0.198. The summed E-state index contributed by atoms with van der Waals surface area (Å²) in [7, 11) is 0. The summed E-state index contributed by atoms with van der Waals surface area (Å²) in [5, 5.41) is 0. The number of benzene rings is 6. The molecule has 0 aliphatic heterocycles. The third-order valence-corrected chi connectivity index (χ3v) is 15.9. The molecule has 1 spiro atoms. The van der Waals surface area contributed by atoms with Crippen LogP contribution in [-0.4, -0.2) is 0 Å². The van der Waals surface area contributed by atoms with Crippen molar-refractivity contribution in [1.29, 1.82) is 0 Å². The van der Waals surface area contributed by atoms with Crippen LogP contribution in [0, 0.1) is 23.2 Å². The van der Waals surface area contributed by atoms with Gasteiger partial charge in [0.2, 0.25) is 0 Å². The van der Waals surface area contributed by atoms with Crippen molar-refractivity contribution in [2.75, 3.05) is 4.90 Å². The maximum Gasteiger partial charge on any atom is 0.0496 e. The second-order valence-corrected chi connectivity index (χ2v) is 18.5. The number of fused-ring (bicyclic) bond motifs is 5. The Balaban J connectivity index is 0.904. The van der Waals surface area contributed by atoms with Crippen LogP contribution in [0.5, 0.6) is 0 Å². The van der Waals surface area contributed by atoms with E-state index in [0.29, 0.717) is 10.8 Å². The van der Waals surface area contributed by atoms with E-state index in [9.17, 15) is 0 Å². The SMILES string of the molecule is CC1(C)c2cc(-c3ccc(C45CC6CC7CC(C4)C75C6)cc3)ccc2-c2ccc(N(c3ccc(-c4ccccc4)cc3)c3cccc4c3CCCC4)cc21. The van der Waals surface area contributed by atoms with Crippen molar-refractivity contribution < 1.29 is 0 Å². The number of hydrogen-bond acceptors (Lipinski definition) is 1. The Morgan fingerprint density at radius 1 is 0.537 bits per heavy atom. The maximum absolute atomic E-state index is 2.54.